The fraction of sp³-hybridized carbons (Fsp3) is 0.708. The molecule has 4 rings (SSSR count). The third-order valence-corrected chi connectivity index (χ3v) is 8.77. The second-order valence-electron chi connectivity index (χ2n) is 10.2. The van der Waals surface area contributed by atoms with E-state index < -0.39 is 29.1 Å². The molecule has 0 radical (unpaired) electrons. The van der Waals surface area contributed by atoms with Crippen molar-refractivity contribution < 1.29 is 34.4 Å². The van der Waals surface area contributed by atoms with Crippen molar-refractivity contribution in [3.63, 3.8) is 0 Å². The highest BCUT2D eigenvalue weighted by Gasteiger charge is 2.66. The third-order valence-electron chi connectivity index (χ3n) is 8.77. The molecule has 4 aliphatic rings. The predicted molar refractivity (Wildman–Crippen MR) is 110 cm³/mol. The van der Waals surface area contributed by atoms with Crippen LogP contribution < -0.4 is 0 Å². The summed E-state index contributed by atoms with van der Waals surface area (Å²) < 4.78 is 0. The summed E-state index contributed by atoms with van der Waals surface area (Å²) in [4.78, 5) is 44.6. The molecule has 0 aromatic rings. The summed E-state index contributed by atoms with van der Waals surface area (Å²) in [6.45, 7) is 5.66. The molecular weight excluding hydrogens is 400 g/mol. The molecule has 0 unspecified atom stereocenters. The second kappa shape index (κ2) is 7.55. The lowest BCUT2D eigenvalue weighted by Crippen LogP contribution is -2.59. The van der Waals surface area contributed by atoms with Crippen molar-refractivity contribution in [3.05, 3.63) is 23.8 Å². The van der Waals surface area contributed by atoms with Crippen LogP contribution in [0.3, 0.4) is 0 Å². The summed E-state index contributed by atoms with van der Waals surface area (Å²) in [5.74, 6) is -1.14. The summed E-state index contributed by atoms with van der Waals surface area (Å²) in [6, 6.07) is 0. The Hall–Kier alpha value is -1.99. The van der Waals surface area contributed by atoms with E-state index >= 15 is 0 Å². The number of rotatable bonds is 3. The van der Waals surface area contributed by atoms with Crippen molar-refractivity contribution in [1.82, 2.24) is 0 Å². The Balaban J connectivity index is 1.57. The van der Waals surface area contributed by atoms with Crippen LogP contribution in [-0.4, -0.2) is 39.6 Å². The van der Waals surface area contributed by atoms with Gasteiger partial charge in [-0.15, -0.1) is 0 Å². The second-order valence-corrected chi connectivity index (χ2v) is 10.2. The minimum Gasteiger partial charge on any atom is -0.393 e. The summed E-state index contributed by atoms with van der Waals surface area (Å²) in [5, 5.41) is 22.9. The van der Waals surface area contributed by atoms with Crippen LogP contribution in [0.1, 0.15) is 65.7 Å². The van der Waals surface area contributed by atoms with Gasteiger partial charge < -0.3 is 10.2 Å². The van der Waals surface area contributed by atoms with E-state index in [-0.39, 0.29) is 41.8 Å². The molecule has 0 heterocycles. The van der Waals surface area contributed by atoms with Gasteiger partial charge in [0.2, 0.25) is 0 Å². The lowest BCUT2D eigenvalue weighted by atomic mass is 9.46. The number of aliphatic hydroxyl groups excluding tert-OH is 1. The summed E-state index contributed by atoms with van der Waals surface area (Å²) in [7, 11) is 0. The fourth-order valence-corrected chi connectivity index (χ4v) is 7.13. The molecule has 7 atom stereocenters. The minimum atomic E-state index is -1.34. The number of allylic oxidation sites excluding steroid dienone is 4. The molecular formula is C24H32O7. The van der Waals surface area contributed by atoms with Crippen molar-refractivity contribution in [2.75, 3.05) is 0 Å². The Labute approximate surface area is 182 Å². The van der Waals surface area contributed by atoms with Gasteiger partial charge in [0.25, 0.3) is 0 Å². The average Bonchev–Trinajstić information content (AvgIpc) is 2.96. The van der Waals surface area contributed by atoms with Crippen molar-refractivity contribution in [1.29, 1.82) is 0 Å². The van der Waals surface area contributed by atoms with Crippen LogP contribution in [-0.2, 0) is 24.2 Å². The summed E-state index contributed by atoms with van der Waals surface area (Å²) in [5.41, 5.74) is -1.29. The topological polar surface area (TPSA) is 110 Å². The van der Waals surface area contributed by atoms with E-state index in [2.05, 4.69) is 16.7 Å². The largest absolute Gasteiger partial charge is 0.393 e. The Morgan fingerprint density at radius 1 is 1.19 bits per heavy atom. The van der Waals surface area contributed by atoms with Gasteiger partial charge in [-0.25, -0.2) is 19.4 Å². The van der Waals surface area contributed by atoms with Crippen LogP contribution in [0.25, 0.3) is 0 Å². The minimum absolute atomic E-state index is 0.00131. The van der Waals surface area contributed by atoms with E-state index in [1.54, 1.807) is 19.1 Å². The molecule has 0 aliphatic heterocycles. The standard InChI is InChI=1S/C24H32O7/c1-4-19(27)30-31-20(28)13-24(29)10-8-17-16-6-5-14-11-15(25)7-9-22(14,2)21(16)18(26)12-23(17,24)3/h7,9,11,16-18,21,26,29H,4-6,8,10,12-13H2,1-3H3/t16-,17-,18-,21+,22-,23-,24-/m0/s1. The lowest BCUT2D eigenvalue weighted by molar-refractivity contribution is -0.263. The van der Waals surface area contributed by atoms with Gasteiger partial charge in [-0.05, 0) is 56.1 Å². The van der Waals surface area contributed by atoms with Gasteiger partial charge in [0.15, 0.2) is 5.78 Å². The molecule has 3 fully saturated rings. The number of fused-ring (bicyclic) bond motifs is 5. The van der Waals surface area contributed by atoms with Gasteiger partial charge >= 0.3 is 11.9 Å². The molecule has 31 heavy (non-hydrogen) atoms. The molecule has 2 N–H and O–H groups in total. The lowest BCUT2D eigenvalue weighted by Gasteiger charge is -2.59. The van der Waals surface area contributed by atoms with Crippen LogP contribution in [0.5, 0.6) is 0 Å². The number of carbonyl (C=O) groups excluding carboxylic acids is 3. The Bertz CT molecular complexity index is 860. The van der Waals surface area contributed by atoms with Crippen LogP contribution in [0, 0.1) is 28.6 Å². The van der Waals surface area contributed by atoms with Crippen LogP contribution in [0.4, 0.5) is 0 Å². The van der Waals surface area contributed by atoms with E-state index in [1.807, 2.05) is 13.0 Å². The monoisotopic (exact) mass is 432 g/mol. The fourth-order valence-electron chi connectivity index (χ4n) is 7.13. The Morgan fingerprint density at radius 2 is 1.90 bits per heavy atom. The maximum Gasteiger partial charge on any atom is 0.358 e. The number of hydrogen-bond acceptors (Lipinski definition) is 7. The van der Waals surface area contributed by atoms with E-state index in [1.165, 1.54) is 0 Å². The highest BCUT2D eigenvalue weighted by molar-refractivity contribution is 6.01. The molecule has 0 amide bonds. The molecule has 0 bridgehead atoms. The molecule has 4 aliphatic carbocycles. The highest BCUT2D eigenvalue weighted by atomic mass is 17.2. The van der Waals surface area contributed by atoms with E-state index in [4.69, 9.17) is 0 Å². The predicted octanol–water partition coefficient (Wildman–Crippen LogP) is 2.80. The maximum absolute atomic E-state index is 12.3. The zero-order valence-electron chi connectivity index (χ0n) is 18.4. The van der Waals surface area contributed by atoms with Gasteiger partial charge in [0.05, 0.1) is 18.1 Å². The molecule has 0 saturated heterocycles. The quantitative estimate of drug-likeness (QED) is 0.521. The molecule has 0 aromatic carbocycles. The first-order chi connectivity index (χ1) is 14.5. The zero-order valence-corrected chi connectivity index (χ0v) is 18.4. The van der Waals surface area contributed by atoms with E-state index in [9.17, 15) is 24.6 Å². The van der Waals surface area contributed by atoms with Crippen molar-refractivity contribution in [3.8, 4) is 0 Å². The summed E-state index contributed by atoms with van der Waals surface area (Å²) >= 11 is 0. The zero-order chi connectivity index (χ0) is 22.6. The molecule has 7 nitrogen and oxygen atoms in total. The van der Waals surface area contributed by atoms with Crippen molar-refractivity contribution >= 4 is 17.7 Å². The number of carbonyl (C=O) groups is 3. The van der Waals surface area contributed by atoms with Crippen LogP contribution >= 0.6 is 0 Å². The highest BCUT2D eigenvalue weighted by Crippen LogP contribution is 2.67. The Morgan fingerprint density at radius 3 is 2.61 bits per heavy atom. The van der Waals surface area contributed by atoms with Gasteiger partial charge in [-0.2, -0.15) is 0 Å². The number of hydrogen-bond donors (Lipinski definition) is 2. The van der Waals surface area contributed by atoms with Gasteiger partial charge in [-0.1, -0.05) is 32.4 Å². The molecule has 0 spiro atoms. The van der Waals surface area contributed by atoms with Crippen LogP contribution in [0.15, 0.2) is 23.8 Å². The smallest absolute Gasteiger partial charge is 0.358 e. The first kappa shape index (κ1) is 22.2. The maximum atomic E-state index is 12.3. The van der Waals surface area contributed by atoms with Gasteiger partial charge in [-0.3, -0.25) is 4.79 Å². The third kappa shape index (κ3) is 3.37. The first-order valence-electron chi connectivity index (χ1n) is 11.3. The normalized spacial score (nSPS) is 43.4. The molecule has 170 valence electrons. The SMILES string of the molecule is CCC(=O)OOC(=O)C[C@@]1(O)CC[C@H]2[C@@H]3CCC4=CC(=O)C=C[C@]4(C)[C@H]3[C@@H](O)C[C@@]21C. The summed E-state index contributed by atoms with van der Waals surface area (Å²) in [6.07, 6.45) is 7.59. The van der Waals surface area contributed by atoms with Crippen molar-refractivity contribution in [2.24, 2.45) is 28.6 Å². The first-order valence-corrected chi connectivity index (χ1v) is 11.3. The van der Waals surface area contributed by atoms with Crippen LogP contribution in [0.2, 0.25) is 0 Å². The molecule has 3 saturated carbocycles. The molecule has 7 heteroatoms. The molecule has 0 aromatic heterocycles. The van der Waals surface area contributed by atoms with E-state index in [0.29, 0.717) is 12.8 Å². The van der Waals surface area contributed by atoms with Crippen molar-refractivity contribution in [2.45, 2.75) is 77.4 Å². The van der Waals surface area contributed by atoms with Gasteiger partial charge in [0, 0.05) is 23.2 Å². The number of aliphatic hydroxyl groups is 2. The number of ketones is 1. The Kier molecular flexibility index (Phi) is 5.41. The average molecular weight is 433 g/mol. The van der Waals surface area contributed by atoms with Gasteiger partial charge in [0.1, 0.15) is 0 Å². The van der Waals surface area contributed by atoms with E-state index in [0.717, 1.165) is 24.8 Å².